The SMILES string of the molecule is CCC(C)(NC(=O)c1cc(-c2ccccc2C(F)(F)F)nc2onc(C)c12)C(=O)OC. The Balaban J connectivity index is 2.19. The van der Waals surface area contributed by atoms with E-state index < -0.39 is 29.2 Å². The van der Waals surface area contributed by atoms with Gasteiger partial charge in [-0.2, -0.15) is 13.2 Å². The van der Waals surface area contributed by atoms with E-state index in [2.05, 4.69) is 15.5 Å². The van der Waals surface area contributed by atoms with E-state index in [1.165, 1.54) is 38.3 Å². The molecule has 0 fully saturated rings. The zero-order valence-electron chi connectivity index (χ0n) is 17.3. The van der Waals surface area contributed by atoms with Gasteiger partial charge in [0.25, 0.3) is 11.6 Å². The largest absolute Gasteiger partial charge is 0.467 e. The van der Waals surface area contributed by atoms with Crippen molar-refractivity contribution < 1.29 is 32.0 Å². The molecule has 10 heteroatoms. The van der Waals surface area contributed by atoms with Gasteiger partial charge in [0.05, 0.1) is 35.0 Å². The molecule has 0 aliphatic rings. The van der Waals surface area contributed by atoms with Crippen molar-refractivity contribution in [2.45, 2.75) is 38.9 Å². The molecule has 2 aromatic heterocycles. The van der Waals surface area contributed by atoms with Crippen LogP contribution in [0.25, 0.3) is 22.4 Å². The van der Waals surface area contributed by atoms with Crippen LogP contribution in [0.15, 0.2) is 34.9 Å². The molecule has 31 heavy (non-hydrogen) atoms. The van der Waals surface area contributed by atoms with E-state index in [0.717, 1.165) is 6.07 Å². The standard InChI is InChI=1S/C21H20F3N3O4/c1-5-20(3,19(29)30-4)26-17(28)13-10-15(25-18-16(13)11(2)27-31-18)12-8-6-7-9-14(12)21(22,23)24/h6-10H,5H2,1-4H3,(H,26,28). The lowest BCUT2D eigenvalue weighted by atomic mass is 9.97. The fourth-order valence-electron chi connectivity index (χ4n) is 3.19. The minimum absolute atomic E-state index is 0.0145. The van der Waals surface area contributed by atoms with Gasteiger partial charge in [-0.25, -0.2) is 9.78 Å². The van der Waals surface area contributed by atoms with Gasteiger partial charge in [-0.15, -0.1) is 0 Å². The molecular formula is C21H20F3N3O4. The van der Waals surface area contributed by atoms with Crippen LogP contribution in [0.4, 0.5) is 13.2 Å². The molecule has 0 aliphatic heterocycles. The molecule has 1 N–H and O–H groups in total. The minimum atomic E-state index is -4.63. The van der Waals surface area contributed by atoms with Crippen LogP contribution in [0.5, 0.6) is 0 Å². The second-order valence-corrected chi connectivity index (χ2v) is 7.18. The van der Waals surface area contributed by atoms with Crippen LogP contribution in [-0.2, 0) is 15.7 Å². The van der Waals surface area contributed by atoms with E-state index in [0.29, 0.717) is 5.69 Å². The number of nitrogens with zero attached hydrogens (tertiary/aromatic N) is 2. The maximum Gasteiger partial charge on any atom is 0.417 e. The molecule has 0 aliphatic carbocycles. The van der Waals surface area contributed by atoms with Gasteiger partial charge in [-0.3, -0.25) is 4.79 Å². The molecule has 1 aromatic carbocycles. The number of esters is 1. The van der Waals surface area contributed by atoms with Crippen LogP contribution < -0.4 is 5.32 Å². The van der Waals surface area contributed by atoms with Crippen LogP contribution in [0.1, 0.15) is 41.9 Å². The summed E-state index contributed by atoms with van der Waals surface area (Å²) in [4.78, 5) is 29.4. The van der Waals surface area contributed by atoms with Crippen molar-refractivity contribution in [3.8, 4) is 11.3 Å². The summed E-state index contributed by atoms with van der Waals surface area (Å²) in [5, 5.41) is 6.64. The Bertz CT molecular complexity index is 1160. The molecule has 3 aromatic rings. The van der Waals surface area contributed by atoms with E-state index in [4.69, 9.17) is 9.26 Å². The molecule has 0 spiro atoms. The summed E-state index contributed by atoms with van der Waals surface area (Å²) in [6.45, 7) is 4.76. The fraction of sp³-hybridized carbons (Fsp3) is 0.333. The number of nitrogens with one attached hydrogen (secondary N) is 1. The molecule has 0 radical (unpaired) electrons. The van der Waals surface area contributed by atoms with E-state index in [-0.39, 0.29) is 34.3 Å². The van der Waals surface area contributed by atoms with Crippen molar-refractivity contribution in [1.29, 1.82) is 0 Å². The van der Waals surface area contributed by atoms with Crippen molar-refractivity contribution in [2.24, 2.45) is 0 Å². The number of methoxy groups -OCH3 is 1. The monoisotopic (exact) mass is 435 g/mol. The fourth-order valence-corrected chi connectivity index (χ4v) is 3.19. The molecule has 3 rings (SSSR count). The topological polar surface area (TPSA) is 94.3 Å². The van der Waals surface area contributed by atoms with Gasteiger partial charge in [0.2, 0.25) is 0 Å². The molecule has 7 nitrogen and oxygen atoms in total. The first kappa shape index (κ1) is 22.3. The number of alkyl halides is 3. The summed E-state index contributed by atoms with van der Waals surface area (Å²) in [5.74, 6) is -1.35. The van der Waals surface area contributed by atoms with E-state index in [1.54, 1.807) is 13.8 Å². The van der Waals surface area contributed by atoms with Crippen LogP contribution in [0, 0.1) is 6.92 Å². The van der Waals surface area contributed by atoms with Crippen LogP contribution in [-0.4, -0.2) is 34.7 Å². The summed E-state index contributed by atoms with van der Waals surface area (Å²) in [5.41, 5.74) is -2.34. The van der Waals surface area contributed by atoms with Crippen LogP contribution in [0.3, 0.4) is 0 Å². The normalized spacial score (nSPS) is 13.6. The zero-order chi connectivity index (χ0) is 23.0. The van der Waals surface area contributed by atoms with E-state index in [9.17, 15) is 22.8 Å². The Morgan fingerprint density at radius 3 is 2.52 bits per heavy atom. The van der Waals surface area contributed by atoms with Crippen LogP contribution in [0.2, 0.25) is 0 Å². The molecule has 2 heterocycles. The van der Waals surface area contributed by atoms with E-state index in [1.807, 2.05) is 0 Å². The number of amides is 1. The third kappa shape index (κ3) is 4.10. The van der Waals surface area contributed by atoms with Gasteiger partial charge in [0.1, 0.15) is 5.54 Å². The van der Waals surface area contributed by atoms with Crippen molar-refractivity contribution in [3.05, 3.63) is 47.2 Å². The number of rotatable bonds is 5. The first-order valence-electron chi connectivity index (χ1n) is 9.36. The van der Waals surface area contributed by atoms with Gasteiger partial charge in [0.15, 0.2) is 0 Å². The highest BCUT2D eigenvalue weighted by Crippen LogP contribution is 2.37. The van der Waals surface area contributed by atoms with E-state index >= 15 is 0 Å². The number of hydrogen-bond donors (Lipinski definition) is 1. The lowest BCUT2D eigenvalue weighted by molar-refractivity contribution is -0.147. The van der Waals surface area contributed by atoms with Gasteiger partial charge < -0.3 is 14.6 Å². The van der Waals surface area contributed by atoms with Crippen molar-refractivity contribution in [2.75, 3.05) is 7.11 Å². The number of hydrogen-bond acceptors (Lipinski definition) is 6. The highest BCUT2D eigenvalue weighted by molar-refractivity contribution is 6.08. The van der Waals surface area contributed by atoms with Gasteiger partial charge in [0, 0.05) is 5.56 Å². The van der Waals surface area contributed by atoms with Gasteiger partial charge >= 0.3 is 12.1 Å². The van der Waals surface area contributed by atoms with Gasteiger partial charge in [-0.1, -0.05) is 30.3 Å². The quantitative estimate of drug-likeness (QED) is 0.601. The molecule has 1 amide bonds. The maximum absolute atomic E-state index is 13.5. The Labute approximate surface area is 175 Å². The number of halogens is 3. The number of fused-ring (bicyclic) bond motifs is 1. The number of aromatic nitrogens is 2. The Morgan fingerprint density at radius 2 is 1.90 bits per heavy atom. The summed E-state index contributed by atoms with van der Waals surface area (Å²) in [6.07, 6.45) is -4.40. The predicted octanol–water partition coefficient (Wildman–Crippen LogP) is 4.29. The maximum atomic E-state index is 13.5. The molecule has 0 saturated heterocycles. The van der Waals surface area contributed by atoms with Crippen molar-refractivity contribution >= 4 is 23.0 Å². The number of ether oxygens (including phenoxy) is 1. The molecule has 0 bridgehead atoms. The first-order valence-corrected chi connectivity index (χ1v) is 9.36. The Kier molecular flexibility index (Phi) is 5.75. The highest BCUT2D eigenvalue weighted by Gasteiger charge is 2.36. The molecule has 164 valence electrons. The average molecular weight is 435 g/mol. The van der Waals surface area contributed by atoms with Crippen molar-refractivity contribution in [3.63, 3.8) is 0 Å². The number of benzene rings is 1. The summed E-state index contributed by atoms with van der Waals surface area (Å²) >= 11 is 0. The zero-order valence-corrected chi connectivity index (χ0v) is 17.3. The summed E-state index contributed by atoms with van der Waals surface area (Å²) in [6, 6.07) is 6.12. The smallest absolute Gasteiger partial charge is 0.417 e. The molecule has 1 atom stereocenters. The lowest BCUT2D eigenvalue weighted by Crippen LogP contribution is -2.52. The second kappa shape index (κ2) is 8.01. The third-order valence-electron chi connectivity index (χ3n) is 5.10. The molecule has 1 unspecified atom stereocenters. The average Bonchev–Trinajstić information content (AvgIpc) is 3.12. The van der Waals surface area contributed by atoms with Crippen molar-refractivity contribution in [1.82, 2.24) is 15.5 Å². The molecule has 0 saturated carbocycles. The third-order valence-corrected chi connectivity index (χ3v) is 5.10. The number of carbonyl (C=O) groups excluding carboxylic acids is 2. The predicted molar refractivity (Wildman–Crippen MR) is 105 cm³/mol. The summed E-state index contributed by atoms with van der Waals surface area (Å²) in [7, 11) is 1.20. The summed E-state index contributed by atoms with van der Waals surface area (Å²) < 4.78 is 50.4. The number of aryl methyl sites for hydroxylation is 1. The van der Waals surface area contributed by atoms with Crippen LogP contribution >= 0.6 is 0 Å². The first-order chi connectivity index (χ1) is 14.5. The number of carbonyl (C=O) groups is 2. The number of pyridine rings is 1. The lowest BCUT2D eigenvalue weighted by Gasteiger charge is -2.26. The molecular weight excluding hydrogens is 415 g/mol. The Morgan fingerprint density at radius 1 is 1.23 bits per heavy atom. The highest BCUT2D eigenvalue weighted by atomic mass is 19.4. The van der Waals surface area contributed by atoms with Gasteiger partial charge in [-0.05, 0) is 32.4 Å². The Hall–Kier alpha value is -3.43. The second-order valence-electron chi connectivity index (χ2n) is 7.18. The minimum Gasteiger partial charge on any atom is -0.467 e.